The van der Waals surface area contributed by atoms with Gasteiger partial charge in [0.05, 0.1) is 37.8 Å². The summed E-state index contributed by atoms with van der Waals surface area (Å²) in [5.41, 5.74) is -4.95. The molecule has 4 nitrogen and oxygen atoms in total. The van der Waals surface area contributed by atoms with Crippen molar-refractivity contribution in [1.82, 2.24) is 0 Å². The summed E-state index contributed by atoms with van der Waals surface area (Å²) in [6, 6.07) is 0. The van der Waals surface area contributed by atoms with Crippen LogP contribution in [-0.4, -0.2) is 26.4 Å². The van der Waals surface area contributed by atoms with Crippen LogP contribution in [0.2, 0.25) is 0 Å². The van der Waals surface area contributed by atoms with Gasteiger partial charge in [0.2, 0.25) is 0 Å². The van der Waals surface area contributed by atoms with Gasteiger partial charge in [0.1, 0.15) is 0 Å². The predicted molar refractivity (Wildman–Crippen MR) is 200 cm³/mol. The van der Waals surface area contributed by atoms with Crippen LogP contribution in [0.4, 0.5) is 0 Å². The van der Waals surface area contributed by atoms with E-state index in [1.165, 1.54) is 77.0 Å². The van der Waals surface area contributed by atoms with E-state index in [0.717, 1.165) is 25.7 Å². The first-order valence-electron chi connectivity index (χ1n) is 17.2. The van der Waals surface area contributed by atoms with Gasteiger partial charge < -0.3 is 42.6 Å². The van der Waals surface area contributed by atoms with E-state index in [0.29, 0.717) is 50.1 Å². The standard InChI is InChI=1S/2C16H35O2PS2.Cu/c2*1-5-9-11-15(7-3)13-17-19(20,21)18-14-16(8-4)12-10-6-2;/h2*15-16H,5-14H2,1-4H3,(H,20,21);/q;;+2/p-2. The fourth-order valence-corrected chi connectivity index (χ4v) is 7.64. The Kier molecular flexibility index (Phi) is 38.0. The van der Waals surface area contributed by atoms with E-state index in [4.69, 9.17) is 66.2 Å². The Morgan fingerprint density at radius 3 is 0.767 bits per heavy atom. The fourth-order valence-electron chi connectivity index (χ4n) is 4.45. The van der Waals surface area contributed by atoms with Crippen LogP contribution in [0.1, 0.15) is 158 Å². The molecular weight excluding hydrogens is 702 g/mol. The first-order chi connectivity index (χ1) is 20.0. The van der Waals surface area contributed by atoms with Crippen LogP contribution in [0, 0.1) is 23.7 Å². The third-order valence-corrected chi connectivity index (χ3v) is 12.4. The summed E-state index contributed by atoms with van der Waals surface area (Å²) in [6.45, 7) is 20.4. The molecule has 0 fully saturated rings. The molecule has 11 heteroatoms. The van der Waals surface area contributed by atoms with Gasteiger partial charge in [-0.15, -0.1) is 0 Å². The predicted octanol–water partition coefficient (Wildman–Crippen LogP) is 12.4. The first-order valence-corrected chi connectivity index (χ1v) is 24.5. The van der Waals surface area contributed by atoms with E-state index in [1.54, 1.807) is 0 Å². The minimum atomic E-state index is -2.47. The maximum atomic E-state index is 5.80. The second-order valence-electron chi connectivity index (χ2n) is 11.7. The fraction of sp³-hybridized carbons (Fsp3) is 1.00. The molecule has 0 N–H and O–H groups in total. The van der Waals surface area contributed by atoms with Crippen molar-refractivity contribution >= 4 is 59.5 Å². The molecule has 0 aliphatic carbocycles. The zero-order chi connectivity index (χ0) is 32.3. The van der Waals surface area contributed by atoms with Crippen LogP contribution < -0.4 is 0 Å². The number of hydrogen-bond acceptors (Lipinski definition) is 8. The molecular formula is C32H68CuO4P2S4. The van der Waals surface area contributed by atoms with Gasteiger partial charge in [-0.05, 0) is 49.4 Å². The van der Waals surface area contributed by atoms with Crippen molar-refractivity contribution < 1.29 is 35.2 Å². The number of rotatable bonds is 28. The van der Waals surface area contributed by atoms with Crippen molar-refractivity contribution in [1.29, 1.82) is 0 Å². The molecule has 4 atom stereocenters. The smallest absolute Gasteiger partial charge is 0.691 e. The van der Waals surface area contributed by atoms with Crippen molar-refractivity contribution in [2.24, 2.45) is 23.7 Å². The normalized spacial score (nSPS) is 17.0. The molecule has 0 amide bonds. The first kappa shape index (κ1) is 49.7. The van der Waals surface area contributed by atoms with E-state index in [1.807, 2.05) is 0 Å². The summed E-state index contributed by atoms with van der Waals surface area (Å²) in [5, 5.41) is 0. The van der Waals surface area contributed by atoms with Gasteiger partial charge in [-0.3, -0.25) is 0 Å². The van der Waals surface area contributed by atoms with Crippen molar-refractivity contribution in [3.05, 3.63) is 0 Å². The monoisotopic (exact) mass is 769 g/mol. The van der Waals surface area contributed by atoms with Gasteiger partial charge in [0, 0.05) is 0 Å². The van der Waals surface area contributed by atoms with Crippen molar-refractivity contribution in [2.45, 2.75) is 158 Å². The molecule has 0 aliphatic heterocycles. The van der Waals surface area contributed by atoms with E-state index in [2.05, 4.69) is 55.4 Å². The maximum absolute atomic E-state index is 5.80. The van der Waals surface area contributed by atoms with Crippen LogP contribution in [0.25, 0.3) is 0 Å². The van der Waals surface area contributed by atoms with Crippen LogP contribution >= 0.6 is 11.4 Å². The van der Waals surface area contributed by atoms with E-state index >= 15 is 0 Å². The van der Waals surface area contributed by atoms with Crippen LogP contribution in [0.15, 0.2) is 0 Å². The van der Waals surface area contributed by atoms with E-state index < -0.39 is 11.4 Å². The van der Waals surface area contributed by atoms with Gasteiger partial charge in [-0.1, -0.05) is 156 Å². The SMILES string of the molecule is CCCCC(CC)COP(=S)([S-])OCC(CC)CCCC.CCCCC(CC)COP(=S)([S-])OCC(CC)CCCC.[Cu+2]. The summed E-state index contributed by atoms with van der Waals surface area (Å²) >= 11 is 21.5. The van der Waals surface area contributed by atoms with Gasteiger partial charge in [0.15, 0.2) is 0 Å². The molecule has 0 bridgehead atoms. The Bertz CT molecular complexity index is 590. The van der Waals surface area contributed by atoms with Crippen molar-refractivity contribution in [2.75, 3.05) is 26.4 Å². The molecule has 0 aliphatic rings. The Hall–Kier alpha value is 2.36. The molecule has 0 saturated carbocycles. The van der Waals surface area contributed by atoms with Crippen molar-refractivity contribution in [3.8, 4) is 0 Å². The minimum absolute atomic E-state index is 0. The summed E-state index contributed by atoms with van der Waals surface area (Å²) in [6.07, 6.45) is 19.2. The van der Waals surface area contributed by atoms with E-state index in [9.17, 15) is 0 Å². The van der Waals surface area contributed by atoms with Crippen LogP contribution in [0.5, 0.6) is 0 Å². The Morgan fingerprint density at radius 2 is 0.628 bits per heavy atom. The molecule has 0 rings (SSSR count). The van der Waals surface area contributed by atoms with Gasteiger partial charge in [-0.25, -0.2) is 0 Å². The summed E-state index contributed by atoms with van der Waals surface area (Å²) < 4.78 is 23.2. The van der Waals surface area contributed by atoms with Gasteiger partial charge in [-0.2, -0.15) is 0 Å². The second-order valence-corrected chi connectivity index (χ2v) is 21.7. The molecule has 0 aromatic carbocycles. The van der Waals surface area contributed by atoms with Gasteiger partial charge in [0.25, 0.3) is 0 Å². The molecule has 0 saturated heterocycles. The Balaban J connectivity index is -0.000000727. The molecule has 0 heterocycles. The molecule has 0 aromatic rings. The van der Waals surface area contributed by atoms with E-state index in [-0.39, 0.29) is 17.1 Å². The minimum Gasteiger partial charge on any atom is -0.691 e. The molecule has 4 unspecified atom stereocenters. The third-order valence-electron chi connectivity index (χ3n) is 8.05. The largest absolute Gasteiger partial charge is 2.00 e. The summed E-state index contributed by atoms with van der Waals surface area (Å²) in [5.74, 6) is 2.28. The zero-order valence-corrected chi connectivity index (χ0v) is 34.9. The number of hydrogen-bond donors (Lipinski definition) is 0. The molecule has 265 valence electrons. The molecule has 0 spiro atoms. The topological polar surface area (TPSA) is 36.9 Å². The van der Waals surface area contributed by atoms with Crippen molar-refractivity contribution in [3.63, 3.8) is 0 Å². The Morgan fingerprint density at radius 1 is 0.442 bits per heavy atom. The third kappa shape index (κ3) is 31.4. The average Bonchev–Trinajstić information content (AvgIpc) is 2.98. The molecule has 0 aromatic heterocycles. The number of unbranched alkanes of at least 4 members (excludes halogenated alkanes) is 4. The zero-order valence-electron chi connectivity index (χ0n) is 28.9. The molecule has 43 heavy (non-hydrogen) atoms. The molecule has 1 radical (unpaired) electrons. The van der Waals surface area contributed by atoms with Gasteiger partial charge >= 0.3 is 17.1 Å². The summed E-state index contributed by atoms with van der Waals surface area (Å²) in [4.78, 5) is 0. The summed E-state index contributed by atoms with van der Waals surface area (Å²) in [7, 11) is 0. The Labute approximate surface area is 301 Å². The second kappa shape index (κ2) is 32.9. The van der Waals surface area contributed by atoms with Crippen LogP contribution in [0.3, 0.4) is 0 Å². The van der Waals surface area contributed by atoms with Crippen LogP contribution in [-0.2, 0) is 83.3 Å². The average molecular weight is 771 g/mol. The quantitative estimate of drug-likeness (QED) is 0.0442. The maximum Gasteiger partial charge on any atom is 2.00 e.